The topological polar surface area (TPSA) is 21.3 Å². The van der Waals surface area contributed by atoms with Crippen LogP contribution in [0.3, 0.4) is 0 Å². The summed E-state index contributed by atoms with van der Waals surface area (Å²) in [6.07, 6.45) is 2.63. The first-order valence-electron chi connectivity index (χ1n) is 7.23. The van der Waals surface area contributed by atoms with E-state index >= 15 is 0 Å². The molecule has 0 amide bonds. The molecular formula is C16H27NO. The number of ether oxygens (including phenoxy) is 1. The van der Waals surface area contributed by atoms with Crippen LogP contribution in [0.1, 0.15) is 52.0 Å². The molecule has 1 aromatic rings. The van der Waals surface area contributed by atoms with E-state index in [1.165, 1.54) is 5.56 Å². The predicted molar refractivity (Wildman–Crippen MR) is 78.4 cm³/mol. The maximum Gasteiger partial charge on any atom is 0.119 e. The molecule has 0 unspecified atom stereocenters. The maximum absolute atomic E-state index is 5.95. The van der Waals surface area contributed by atoms with E-state index in [9.17, 15) is 0 Å². The summed E-state index contributed by atoms with van der Waals surface area (Å²) >= 11 is 0. The summed E-state index contributed by atoms with van der Waals surface area (Å²) in [7, 11) is 0. The first kappa shape index (κ1) is 15.0. The molecular weight excluding hydrogens is 222 g/mol. The van der Waals surface area contributed by atoms with Crippen molar-refractivity contribution in [3.05, 3.63) is 29.8 Å². The van der Waals surface area contributed by atoms with Crippen LogP contribution in [-0.4, -0.2) is 19.2 Å². The van der Waals surface area contributed by atoms with Gasteiger partial charge >= 0.3 is 0 Å². The summed E-state index contributed by atoms with van der Waals surface area (Å²) in [6, 6.07) is 8.52. The molecule has 1 aromatic carbocycles. The molecule has 18 heavy (non-hydrogen) atoms. The lowest BCUT2D eigenvalue weighted by Crippen LogP contribution is -2.34. The van der Waals surface area contributed by atoms with E-state index in [1.54, 1.807) is 0 Å². The van der Waals surface area contributed by atoms with Crippen LogP contribution >= 0.6 is 0 Å². The van der Waals surface area contributed by atoms with Crippen molar-refractivity contribution in [3.63, 3.8) is 0 Å². The molecule has 0 aromatic heterocycles. The average molecular weight is 249 g/mol. The van der Waals surface area contributed by atoms with Crippen LogP contribution in [0, 0.1) is 0 Å². The minimum Gasteiger partial charge on any atom is -0.490 e. The van der Waals surface area contributed by atoms with Crippen LogP contribution in [0.5, 0.6) is 5.75 Å². The van der Waals surface area contributed by atoms with E-state index in [0.717, 1.165) is 31.7 Å². The number of piperidine rings is 1. The Morgan fingerprint density at radius 1 is 1.06 bits per heavy atom. The minimum absolute atomic E-state index is 0.395. The molecule has 1 aliphatic heterocycles. The zero-order valence-electron chi connectivity index (χ0n) is 12.2. The SMILES string of the molecule is CC.CC(C)c1ccc(OC2CCNCC2)cc1. The van der Waals surface area contributed by atoms with Gasteiger partial charge in [0, 0.05) is 0 Å². The molecule has 0 aliphatic carbocycles. The molecule has 0 bridgehead atoms. The van der Waals surface area contributed by atoms with Gasteiger partial charge in [-0.15, -0.1) is 0 Å². The van der Waals surface area contributed by atoms with Crippen LogP contribution in [-0.2, 0) is 0 Å². The van der Waals surface area contributed by atoms with Crippen molar-refractivity contribution in [2.24, 2.45) is 0 Å². The standard InChI is InChI=1S/C14H21NO.C2H6/c1-11(2)12-3-5-13(6-4-12)16-14-7-9-15-10-8-14;1-2/h3-6,11,14-15H,7-10H2,1-2H3;1-2H3. The van der Waals surface area contributed by atoms with Gasteiger partial charge < -0.3 is 10.1 Å². The fourth-order valence-corrected chi connectivity index (χ4v) is 2.04. The smallest absolute Gasteiger partial charge is 0.119 e. The number of nitrogens with one attached hydrogen (secondary N) is 1. The Balaban J connectivity index is 0.000000771. The lowest BCUT2D eigenvalue weighted by atomic mass is 10.0. The Morgan fingerprint density at radius 3 is 2.11 bits per heavy atom. The largest absolute Gasteiger partial charge is 0.490 e. The van der Waals surface area contributed by atoms with Gasteiger partial charge in [-0.2, -0.15) is 0 Å². The second kappa shape index (κ2) is 8.15. The van der Waals surface area contributed by atoms with Crippen LogP contribution in [0.25, 0.3) is 0 Å². The van der Waals surface area contributed by atoms with Gasteiger partial charge in [-0.05, 0) is 49.5 Å². The molecule has 2 nitrogen and oxygen atoms in total. The van der Waals surface area contributed by atoms with Gasteiger partial charge in [0.15, 0.2) is 0 Å². The highest BCUT2D eigenvalue weighted by Crippen LogP contribution is 2.21. The summed E-state index contributed by atoms with van der Waals surface area (Å²) < 4.78 is 5.95. The van der Waals surface area contributed by atoms with Gasteiger partial charge in [0.05, 0.1) is 0 Å². The van der Waals surface area contributed by atoms with E-state index in [2.05, 4.69) is 43.4 Å². The van der Waals surface area contributed by atoms with Crippen molar-refractivity contribution in [1.82, 2.24) is 5.32 Å². The highest BCUT2D eigenvalue weighted by atomic mass is 16.5. The van der Waals surface area contributed by atoms with Gasteiger partial charge in [0.1, 0.15) is 11.9 Å². The number of hydrogen-bond acceptors (Lipinski definition) is 2. The van der Waals surface area contributed by atoms with E-state index < -0.39 is 0 Å². The summed E-state index contributed by atoms with van der Waals surface area (Å²) in [5, 5.41) is 3.34. The Morgan fingerprint density at radius 2 is 1.61 bits per heavy atom. The molecule has 0 saturated carbocycles. The first-order chi connectivity index (χ1) is 8.75. The van der Waals surface area contributed by atoms with Gasteiger partial charge in [-0.3, -0.25) is 0 Å². The molecule has 2 rings (SSSR count). The summed E-state index contributed by atoms with van der Waals surface area (Å²) in [5.74, 6) is 1.60. The van der Waals surface area contributed by atoms with Crippen LogP contribution in [0.2, 0.25) is 0 Å². The summed E-state index contributed by atoms with van der Waals surface area (Å²) in [5.41, 5.74) is 1.37. The Hall–Kier alpha value is -1.02. The first-order valence-corrected chi connectivity index (χ1v) is 7.23. The molecule has 102 valence electrons. The molecule has 1 heterocycles. The zero-order valence-corrected chi connectivity index (χ0v) is 12.2. The third-order valence-electron chi connectivity index (χ3n) is 3.14. The Kier molecular flexibility index (Phi) is 6.81. The maximum atomic E-state index is 5.95. The lowest BCUT2D eigenvalue weighted by Gasteiger charge is -2.24. The second-order valence-electron chi connectivity index (χ2n) is 4.79. The van der Waals surface area contributed by atoms with E-state index in [1.807, 2.05) is 13.8 Å². The number of hydrogen-bond donors (Lipinski definition) is 1. The van der Waals surface area contributed by atoms with Crippen molar-refractivity contribution >= 4 is 0 Å². The molecule has 2 heteroatoms. The summed E-state index contributed by atoms with van der Waals surface area (Å²) in [4.78, 5) is 0. The normalized spacial score (nSPS) is 16.1. The molecule has 0 atom stereocenters. The van der Waals surface area contributed by atoms with Crippen LogP contribution in [0.4, 0.5) is 0 Å². The highest BCUT2D eigenvalue weighted by molar-refractivity contribution is 5.29. The third-order valence-corrected chi connectivity index (χ3v) is 3.14. The Labute approximate surface area is 112 Å². The van der Waals surface area contributed by atoms with Crippen molar-refractivity contribution in [3.8, 4) is 5.75 Å². The van der Waals surface area contributed by atoms with Crippen molar-refractivity contribution in [2.45, 2.75) is 52.6 Å². The Bertz CT molecular complexity index is 312. The molecule has 0 spiro atoms. The van der Waals surface area contributed by atoms with Gasteiger partial charge in [-0.25, -0.2) is 0 Å². The van der Waals surface area contributed by atoms with Crippen molar-refractivity contribution < 1.29 is 4.74 Å². The van der Waals surface area contributed by atoms with E-state index in [4.69, 9.17) is 4.74 Å². The number of rotatable bonds is 3. The fourth-order valence-electron chi connectivity index (χ4n) is 2.04. The van der Waals surface area contributed by atoms with Gasteiger partial charge in [0.2, 0.25) is 0 Å². The van der Waals surface area contributed by atoms with Crippen LogP contribution < -0.4 is 10.1 Å². The summed E-state index contributed by atoms with van der Waals surface area (Å²) in [6.45, 7) is 10.6. The van der Waals surface area contributed by atoms with Gasteiger partial charge in [-0.1, -0.05) is 39.8 Å². The zero-order chi connectivity index (χ0) is 13.4. The monoisotopic (exact) mass is 249 g/mol. The number of benzene rings is 1. The van der Waals surface area contributed by atoms with E-state index in [-0.39, 0.29) is 0 Å². The van der Waals surface area contributed by atoms with Crippen molar-refractivity contribution in [1.29, 1.82) is 0 Å². The molecule has 1 saturated heterocycles. The van der Waals surface area contributed by atoms with Crippen molar-refractivity contribution in [2.75, 3.05) is 13.1 Å². The lowest BCUT2D eigenvalue weighted by molar-refractivity contribution is 0.162. The fraction of sp³-hybridized carbons (Fsp3) is 0.625. The van der Waals surface area contributed by atoms with Crippen LogP contribution in [0.15, 0.2) is 24.3 Å². The minimum atomic E-state index is 0.395. The van der Waals surface area contributed by atoms with Gasteiger partial charge in [0.25, 0.3) is 0 Å². The predicted octanol–water partition coefficient (Wildman–Crippen LogP) is 3.97. The molecule has 0 radical (unpaired) electrons. The molecule has 1 aliphatic rings. The molecule has 1 N–H and O–H groups in total. The van der Waals surface area contributed by atoms with E-state index in [0.29, 0.717) is 12.0 Å². The molecule has 1 fully saturated rings. The highest BCUT2D eigenvalue weighted by Gasteiger charge is 2.14. The third kappa shape index (κ3) is 4.69. The second-order valence-corrected chi connectivity index (χ2v) is 4.79. The average Bonchev–Trinajstić information content (AvgIpc) is 2.43. The quantitative estimate of drug-likeness (QED) is 0.875.